The van der Waals surface area contributed by atoms with Crippen LogP contribution in [0.4, 0.5) is 0 Å². The van der Waals surface area contributed by atoms with Crippen molar-refractivity contribution < 1.29 is 9.52 Å². The fourth-order valence-corrected chi connectivity index (χ4v) is 2.40. The van der Waals surface area contributed by atoms with E-state index in [0.29, 0.717) is 0 Å². The second kappa shape index (κ2) is 14.6. The number of rotatable bonds is 1. The van der Waals surface area contributed by atoms with Crippen LogP contribution in [0.3, 0.4) is 0 Å². The number of hydrogen-bond donors (Lipinski definition) is 1. The summed E-state index contributed by atoms with van der Waals surface area (Å²) in [5.41, 5.74) is 5.54. The second-order valence-corrected chi connectivity index (χ2v) is 7.00. The summed E-state index contributed by atoms with van der Waals surface area (Å²) in [7, 11) is 0. The maximum Gasteiger partial charge on any atom is 0.106 e. The Morgan fingerprint density at radius 1 is 0.710 bits per heavy atom. The fourth-order valence-electron chi connectivity index (χ4n) is 2.40. The highest BCUT2D eigenvalue weighted by Gasteiger charge is 2.08. The molecule has 0 fully saturated rings. The van der Waals surface area contributed by atoms with Crippen molar-refractivity contribution in [2.75, 3.05) is 0 Å². The molecular weight excluding hydrogens is 386 g/mol. The topological polar surface area (TPSA) is 72.0 Å². The van der Waals surface area contributed by atoms with Crippen molar-refractivity contribution in [3.8, 4) is 0 Å². The lowest BCUT2D eigenvalue weighted by Crippen LogP contribution is -1.85. The van der Waals surface area contributed by atoms with Crippen LogP contribution < -0.4 is 0 Å². The van der Waals surface area contributed by atoms with E-state index in [2.05, 4.69) is 15.0 Å². The fraction of sp³-hybridized carbons (Fsp3) is 0.269. The predicted octanol–water partition coefficient (Wildman–Crippen LogP) is 5.87. The van der Waals surface area contributed by atoms with Crippen LogP contribution >= 0.6 is 0 Å². The molecule has 31 heavy (non-hydrogen) atoms. The average Bonchev–Trinajstić information content (AvgIpc) is 3.02. The van der Waals surface area contributed by atoms with E-state index >= 15 is 0 Å². The number of nitrogens with zero attached hydrogens (tertiary/aromatic N) is 3. The van der Waals surface area contributed by atoms with Crippen molar-refractivity contribution in [2.45, 2.75) is 48.1 Å². The molecule has 0 spiro atoms. The number of aliphatic hydroxyl groups is 1. The number of hydrogen-bond acceptors (Lipinski definition) is 5. The van der Waals surface area contributed by atoms with Crippen LogP contribution in [-0.4, -0.2) is 20.1 Å². The molecule has 0 aromatic carbocycles. The molecule has 4 rings (SSSR count). The molecule has 5 heteroatoms. The zero-order valence-electron chi connectivity index (χ0n) is 19.3. The minimum atomic E-state index is 0.0784. The van der Waals surface area contributed by atoms with Crippen LogP contribution in [-0.2, 0) is 6.61 Å². The van der Waals surface area contributed by atoms with E-state index < -0.39 is 0 Å². The van der Waals surface area contributed by atoms with Gasteiger partial charge < -0.3 is 9.52 Å². The van der Waals surface area contributed by atoms with Gasteiger partial charge >= 0.3 is 0 Å². The molecule has 0 aliphatic heterocycles. The van der Waals surface area contributed by atoms with E-state index in [4.69, 9.17) is 9.52 Å². The highest BCUT2D eigenvalue weighted by atomic mass is 16.3. The summed E-state index contributed by atoms with van der Waals surface area (Å²) in [6.45, 7) is 11.8. The van der Waals surface area contributed by atoms with E-state index in [1.807, 2.05) is 90.2 Å². The van der Waals surface area contributed by atoms with E-state index in [-0.39, 0.29) is 6.61 Å². The summed E-state index contributed by atoms with van der Waals surface area (Å²) < 4.78 is 5.28. The smallest absolute Gasteiger partial charge is 0.106 e. The molecule has 0 saturated heterocycles. The highest BCUT2D eigenvalue weighted by Crippen LogP contribution is 2.19. The zero-order chi connectivity index (χ0) is 23.1. The van der Waals surface area contributed by atoms with Crippen LogP contribution in [0.15, 0.2) is 77.9 Å². The van der Waals surface area contributed by atoms with E-state index in [0.717, 1.165) is 28.3 Å². The van der Waals surface area contributed by atoms with Crippen molar-refractivity contribution in [2.24, 2.45) is 0 Å². The Labute approximate surface area is 185 Å². The van der Waals surface area contributed by atoms with Crippen LogP contribution in [0.5, 0.6) is 0 Å². The summed E-state index contributed by atoms with van der Waals surface area (Å²) in [5, 5.41) is 8.85. The quantitative estimate of drug-likeness (QED) is 0.418. The number of aliphatic hydroxyl groups excluding tert-OH is 1. The van der Waals surface area contributed by atoms with Gasteiger partial charge in [-0.15, -0.1) is 0 Å². The molecule has 0 bridgehead atoms. The Bertz CT molecular complexity index is 881. The van der Waals surface area contributed by atoms with Gasteiger partial charge in [-0.05, 0) is 88.6 Å². The predicted molar refractivity (Wildman–Crippen MR) is 126 cm³/mol. The molecule has 4 aromatic heterocycles. The van der Waals surface area contributed by atoms with Gasteiger partial charge in [0, 0.05) is 42.2 Å². The summed E-state index contributed by atoms with van der Waals surface area (Å²) in [5.74, 6) is 1.74. The molecule has 0 radical (unpaired) electrons. The zero-order valence-corrected chi connectivity index (χ0v) is 19.3. The monoisotopic (exact) mass is 419 g/mol. The van der Waals surface area contributed by atoms with Gasteiger partial charge in [0.1, 0.15) is 11.5 Å². The summed E-state index contributed by atoms with van der Waals surface area (Å²) in [6.07, 6.45) is 8.97. The number of aryl methyl sites for hydroxylation is 5. The Kier molecular flexibility index (Phi) is 12.1. The highest BCUT2D eigenvalue weighted by molar-refractivity contribution is 5.30. The van der Waals surface area contributed by atoms with E-state index in [1.165, 1.54) is 11.1 Å². The molecule has 4 aromatic rings. The van der Waals surface area contributed by atoms with Crippen molar-refractivity contribution in [3.05, 3.63) is 113 Å². The van der Waals surface area contributed by atoms with Gasteiger partial charge in [-0.3, -0.25) is 15.0 Å². The lowest BCUT2D eigenvalue weighted by molar-refractivity contribution is 0.278. The van der Waals surface area contributed by atoms with Crippen LogP contribution in [0.25, 0.3) is 0 Å². The van der Waals surface area contributed by atoms with Gasteiger partial charge in [0.05, 0.1) is 6.61 Å². The first-order valence-corrected chi connectivity index (χ1v) is 10.1. The summed E-state index contributed by atoms with van der Waals surface area (Å²) >= 11 is 0. The van der Waals surface area contributed by atoms with E-state index in [9.17, 15) is 0 Å². The molecule has 4 heterocycles. The third-order valence-corrected chi connectivity index (χ3v) is 4.34. The van der Waals surface area contributed by atoms with Crippen LogP contribution in [0.2, 0.25) is 0 Å². The van der Waals surface area contributed by atoms with Gasteiger partial charge in [-0.1, -0.05) is 12.1 Å². The third-order valence-electron chi connectivity index (χ3n) is 4.34. The lowest BCUT2D eigenvalue weighted by atomic mass is 10.1. The molecule has 0 aliphatic carbocycles. The molecule has 164 valence electrons. The molecule has 0 saturated carbocycles. The maximum atomic E-state index is 8.85. The van der Waals surface area contributed by atoms with Gasteiger partial charge in [-0.2, -0.15) is 0 Å². The minimum Gasteiger partial charge on any atom is -0.466 e. The Hall–Kier alpha value is -3.31. The first-order chi connectivity index (χ1) is 14.8. The molecular formula is C26H33N3O2. The van der Waals surface area contributed by atoms with Gasteiger partial charge in [0.15, 0.2) is 0 Å². The first kappa shape index (κ1) is 25.7. The van der Waals surface area contributed by atoms with Gasteiger partial charge in [0.2, 0.25) is 0 Å². The molecule has 0 amide bonds. The van der Waals surface area contributed by atoms with Crippen LogP contribution in [0, 0.1) is 41.5 Å². The molecule has 0 aliphatic rings. The third kappa shape index (κ3) is 10.9. The number of furan rings is 1. The standard InChI is InChI=1S/C8H12O2.3C6H7N/c1-5-6(2)10-7(3)8(5)4-9;1-6-2-4-7-5-3-6;1-6-3-2-4-7-5-6;1-6-4-2-3-5-7-6/h9H,4H2,1-3H3;3*2-5H,1H3. The van der Waals surface area contributed by atoms with Crippen molar-refractivity contribution in [1.29, 1.82) is 0 Å². The largest absolute Gasteiger partial charge is 0.466 e. The molecule has 1 N–H and O–H groups in total. The normalized spacial score (nSPS) is 9.26. The second-order valence-electron chi connectivity index (χ2n) is 7.00. The van der Waals surface area contributed by atoms with Crippen molar-refractivity contribution >= 4 is 0 Å². The molecule has 0 unspecified atom stereocenters. The van der Waals surface area contributed by atoms with Gasteiger partial charge in [0.25, 0.3) is 0 Å². The summed E-state index contributed by atoms with van der Waals surface area (Å²) in [6, 6.07) is 13.7. The molecule has 5 nitrogen and oxygen atoms in total. The average molecular weight is 420 g/mol. The number of pyridine rings is 3. The van der Waals surface area contributed by atoms with Gasteiger partial charge in [-0.25, -0.2) is 0 Å². The first-order valence-electron chi connectivity index (χ1n) is 10.1. The van der Waals surface area contributed by atoms with Crippen molar-refractivity contribution in [1.82, 2.24) is 15.0 Å². The summed E-state index contributed by atoms with van der Waals surface area (Å²) in [4.78, 5) is 11.7. The van der Waals surface area contributed by atoms with Crippen LogP contribution in [0.1, 0.15) is 39.5 Å². The maximum absolute atomic E-state index is 8.85. The molecule has 0 atom stereocenters. The SMILES string of the molecule is Cc1ccccn1.Cc1cccnc1.Cc1ccncc1.Cc1oc(C)c(CO)c1C. The van der Waals surface area contributed by atoms with E-state index in [1.54, 1.807) is 24.8 Å². The lowest BCUT2D eigenvalue weighted by Gasteiger charge is -1.91. The number of aromatic nitrogens is 3. The Morgan fingerprint density at radius 3 is 1.68 bits per heavy atom. The Morgan fingerprint density at radius 2 is 1.42 bits per heavy atom. The van der Waals surface area contributed by atoms with Crippen molar-refractivity contribution in [3.63, 3.8) is 0 Å². The Balaban J connectivity index is 0.000000209. The minimum absolute atomic E-state index is 0.0784.